The summed E-state index contributed by atoms with van der Waals surface area (Å²) in [6, 6.07) is 5.94. The fourth-order valence-electron chi connectivity index (χ4n) is 1.82. The molecule has 1 aromatic carbocycles. The highest BCUT2D eigenvalue weighted by atomic mass is 32.1. The van der Waals surface area contributed by atoms with Crippen LogP contribution in [-0.4, -0.2) is 16.4 Å². The van der Waals surface area contributed by atoms with Crippen LogP contribution in [0.2, 0.25) is 0 Å². The first-order valence-corrected chi connectivity index (χ1v) is 6.16. The molecule has 0 saturated carbocycles. The molecule has 0 aliphatic carbocycles. The molecule has 0 aliphatic rings. The summed E-state index contributed by atoms with van der Waals surface area (Å²) >= 11 is 1.62. The van der Waals surface area contributed by atoms with E-state index >= 15 is 0 Å². The number of nitrogens with zero attached hydrogens (tertiary/aromatic N) is 2. The summed E-state index contributed by atoms with van der Waals surface area (Å²) in [4.78, 5) is 5.54. The zero-order valence-electron chi connectivity index (χ0n) is 9.34. The Labute approximate surface area is 103 Å². The summed E-state index contributed by atoms with van der Waals surface area (Å²) < 4.78 is 2.02. The smallest absolute Gasteiger partial charge is 0.194 e. The van der Waals surface area contributed by atoms with Gasteiger partial charge in [0.1, 0.15) is 0 Å². The molecule has 4 nitrogen and oxygen atoms in total. The molecule has 0 spiro atoms. The number of anilines is 2. The number of hydrogen-bond acceptors (Lipinski definition) is 4. The summed E-state index contributed by atoms with van der Waals surface area (Å²) in [6.07, 6.45) is 4.02. The van der Waals surface area contributed by atoms with Gasteiger partial charge in [-0.2, -0.15) is 0 Å². The maximum Gasteiger partial charge on any atom is 0.194 e. The molecule has 0 bridgehead atoms. The molecule has 86 valence electrons. The Morgan fingerprint density at radius 3 is 3.00 bits per heavy atom. The Morgan fingerprint density at radius 1 is 1.41 bits per heavy atom. The topological polar surface area (TPSA) is 55.3 Å². The molecule has 2 aromatic heterocycles. The van der Waals surface area contributed by atoms with Crippen LogP contribution >= 0.6 is 11.3 Å². The number of thiazole rings is 1. The van der Waals surface area contributed by atoms with Crippen LogP contribution in [0.15, 0.2) is 36.0 Å². The highest BCUT2D eigenvalue weighted by molar-refractivity contribution is 7.15. The van der Waals surface area contributed by atoms with Crippen molar-refractivity contribution in [2.45, 2.75) is 0 Å². The summed E-state index contributed by atoms with van der Waals surface area (Å²) in [7, 11) is 1.86. The molecule has 17 heavy (non-hydrogen) atoms. The number of nitrogen functional groups attached to an aromatic ring is 1. The van der Waals surface area contributed by atoms with Gasteiger partial charge < -0.3 is 11.1 Å². The molecular weight excluding hydrogens is 232 g/mol. The van der Waals surface area contributed by atoms with E-state index in [4.69, 9.17) is 5.73 Å². The minimum absolute atomic E-state index is 0.737. The lowest BCUT2D eigenvalue weighted by molar-refractivity contribution is 1.23. The monoisotopic (exact) mass is 244 g/mol. The van der Waals surface area contributed by atoms with Gasteiger partial charge in [0.15, 0.2) is 4.96 Å². The average molecular weight is 244 g/mol. The number of rotatable bonds is 2. The Kier molecular flexibility index (Phi) is 2.26. The van der Waals surface area contributed by atoms with E-state index in [1.54, 1.807) is 11.3 Å². The molecule has 0 saturated heterocycles. The third-order valence-corrected chi connectivity index (χ3v) is 3.48. The standard InChI is InChI=1S/C12H12N4S/c1-14-10-3-2-8(6-9(10)13)11-7-16-4-5-17-12(16)15-11/h2-7,14H,13H2,1H3. The predicted octanol–water partition coefficient (Wildman–Crippen LogP) is 2.69. The minimum atomic E-state index is 0.737. The third-order valence-electron chi connectivity index (χ3n) is 2.71. The van der Waals surface area contributed by atoms with E-state index in [-0.39, 0.29) is 0 Å². The average Bonchev–Trinajstić information content (AvgIpc) is 2.88. The second-order valence-corrected chi connectivity index (χ2v) is 4.64. The summed E-state index contributed by atoms with van der Waals surface area (Å²) in [5, 5.41) is 5.07. The third kappa shape index (κ3) is 1.64. The van der Waals surface area contributed by atoms with Crippen molar-refractivity contribution in [3.63, 3.8) is 0 Å². The van der Waals surface area contributed by atoms with Crippen LogP contribution in [0.4, 0.5) is 11.4 Å². The number of nitrogens with one attached hydrogen (secondary N) is 1. The van der Waals surface area contributed by atoms with Crippen molar-refractivity contribution >= 4 is 27.7 Å². The SMILES string of the molecule is CNc1ccc(-c2cn3ccsc3n2)cc1N. The van der Waals surface area contributed by atoms with Crippen LogP contribution in [0, 0.1) is 0 Å². The first kappa shape index (κ1) is 10.2. The van der Waals surface area contributed by atoms with Gasteiger partial charge in [-0.25, -0.2) is 4.98 Å². The summed E-state index contributed by atoms with van der Waals surface area (Å²) in [5.41, 5.74) is 9.61. The highest BCUT2D eigenvalue weighted by Crippen LogP contribution is 2.27. The van der Waals surface area contributed by atoms with E-state index in [2.05, 4.69) is 10.3 Å². The van der Waals surface area contributed by atoms with Crippen LogP contribution < -0.4 is 11.1 Å². The molecule has 0 fully saturated rings. The Balaban J connectivity index is 2.09. The lowest BCUT2D eigenvalue weighted by Crippen LogP contribution is -1.95. The van der Waals surface area contributed by atoms with Crippen LogP contribution in [0.3, 0.4) is 0 Å². The molecule has 3 rings (SSSR count). The molecule has 0 atom stereocenters. The van der Waals surface area contributed by atoms with Gasteiger partial charge in [0.25, 0.3) is 0 Å². The van der Waals surface area contributed by atoms with Gasteiger partial charge >= 0.3 is 0 Å². The molecule has 0 aliphatic heterocycles. The Morgan fingerprint density at radius 2 is 2.29 bits per heavy atom. The number of fused-ring (bicyclic) bond motifs is 1. The number of aromatic nitrogens is 2. The van der Waals surface area contributed by atoms with Crippen LogP contribution in [-0.2, 0) is 0 Å². The number of imidazole rings is 1. The lowest BCUT2D eigenvalue weighted by atomic mass is 10.1. The van der Waals surface area contributed by atoms with Crippen molar-refractivity contribution in [3.05, 3.63) is 36.0 Å². The fraction of sp³-hybridized carbons (Fsp3) is 0.0833. The Bertz CT molecular complexity index is 640. The second kappa shape index (κ2) is 3.78. The number of nitrogens with two attached hydrogens (primary N) is 1. The quantitative estimate of drug-likeness (QED) is 0.681. The maximum atomic E-state index is 5.94. The van der Waals surface area contributed by atoms with Gasteiger partial charge in [-0.3, -0.25) is 4.40 Å². The van der Waals surface area contributed by atoms with Gasteiger partial charge in [0.05, 0.1) is 17.1 Å². The molecule has 0 unspecified atom stereocenters. The highest BCUT2D eigenvalue weighted by Gasteiger charge is 2.06. The van der Waals surface area contributed by atoms with Crippen molar-refractivity contribution in [1.29, 1.82) is 0 Å². The fourth-order valence-corrected chi connectivity index (χ4v) is 2.52. The summed E-state index contributed by atoms with van der Waals surface area (Å²) in [5.74, 6) is 0. The van der Waals surface area contributed by atoms with Gasteiger partial charge in [0.2, 0.25) is 0 Å². The van der Waals surface area contributed by atoms with Gasteiger partial charge in [-0.1, -0.05) is 6.07 Å². The predicted molar refractivity (Wildman–Crippen MR) is 72.5 cm³/mol. The van der Waals surface area contributed by atoms with Gasteiger partial charge in [-0.05, 0) is 12.1 Å². The molecule has 5 heteroatoms. The molecule has 0 radical (unpaired) electrons. The first-order valence-electron chi connectivity index (χ1n) is 5.28. The number of hydrogen-bond donors (Lipinski definition) is 2. The van der Waals surface area contributed by atoms with E-state index in [1.165, 1.54) is 0 Å². The maximum absolute atomic E-state index is 5.94. The van der Waals surface area contributed by atoms with E-state index in [9.17, 15) is 0 Å². The minimum Gasteiger partial charge on any atom is -0.397 e. The van der Waals surface area contributed by atoms with Gasteiger partial charge in [-0.15, -0.1) is 11.3 Å². The van der Waals surface area contributed by atoms with E-state index < -0.39 is 0 Å². The first-order chi connectivity index (χ1) is 8.28. The van der Waals surface area contributed by atoms with Crippen molar-refractivity contribution in [1.82, 2.24) is 9.38 Å². The molecule has 3 aromatic rings. The van der Waals surface area contributed by atoms with Crippen LogP contribution in [0.1, 0.15) is 0 Å². The summed E-state index contributed by atoms with van der Waals surface area (Å²) in [6.45, 7) is 0. The normalized spacial score (nSPS) is 10.9. The Hall–Kier alpha value is -2.01. The molecule has 3 N–H and O–H groups in total. The zero-order valence-corrected chi connectivity index (χ0v) is 10.2. The molecule has 2 heterocycles. The van der Waals surface area contributed by atoms with Crippen molar-refractivity contribution in [3.8, 4) is 11.3 Å². The van der Waals surface area contributed by atoms with E-state index in [1.807, 2.05) is 47.4 Å². The second-order valence-electron chi connectivity index (χ2n) is 3.77. The van der Waals surface area contributed by atoms with E-state index in [0.717, 1.165) is 27.6 Å². The van der Waals surface area contributed by atoms with Crippen molar-refractivity contribution < 1.29 is 0 Å². The zero-order chi connectivity index (χ0) is 11.8. The van der Waals surface area contributed by atoms with E-state index in [0.29, 0.717) is 0 Å². The molecular formula is C12H12N4S. The van der Waals surface area contributed by atoms with Crippen LogP contribution in [0.25, 0.3) is 16.2 Å². The lowest BCUT2D eigenvalue weighted by Gasteiger charge is -2.05. The van der Waals surface area contributed by atoms with Crippen LogP contribution in [0.5, 0.6) is 0 Å². The molecule has 0 amide bonds. The van der Waals surface area contributed by atoms with Crippen molar-refractivity contribution in [2.75, 3.05) is 18.1 Å². The van der Waals surface area contributed by atoms with Gasteiger partial charge in [0, 0.05) is 30.4 Å². The number of benzene rings is 1. The van der Waals surface area contributed by atoms with Crippen molar-refractivity contribution in [2.24, 2.45) is 0 Å². The largest absolute Gasteiger partial charge is 0.397 e.